The Bertz CT molecular complexity index is 375. The number of nitrogens with one attached hydrogen (secondary N) is 2. The van der Waals surface area contributed by atoms with Crippen molar-refractivity contribution in [3.63, 3.8) is 0 Å². The highest BCUT2D eigenvalue weighted by atomic mass is 16.5. The van der Waals surface area contributed by atoms with Gasteiger partial charge >= 0.3 is 0 Å². The van der Waals surface area contributed by atoms with Gasteiger partial charge in [-0.3, -0.25) is 4.79 Å². The Morgan fingerprint density at radius 2 is 2.20 bits per heavy atom. The molecule has 0 aliphatic carbocycles. The maximum absolute atomic E-state index is 11.7. The zero-order valence-corrected chi connectivity index (χ0v) is 11.9. The van der Waals surface area contributed by atoms with Crippen LogP contribution in [-0.2, 0) is 16.1 Å². The topological polar surface area (TPSA) is 68.2 Å². The lowest BCUT2D eigenvalue weighted by Crippen LogP contribution is -2.43. The lowest BCUT2D eigenvalue weighted by atomic mass is 10.1. The van der Waals surface area contributed by atoms with Gasteiger partial charge in [0.25, 0.3) is 0 Å². The first-order valence-corrected chi connectivity index (χ1v) is 7.38. The molecule has 1 saturated heterocycles. The Morgan fingerprint density at radius 3 is 2.95 bits per heavy atom. The van der Waals surface area contributed by atoms with Crippen molar-refractivity contribution >= 4 is 5.91 Å². The van der Waals surface area contributed by atoms with E-state index in [9.17, 15) is 4.79 Å². The second-order valence-electron chi connectivity index (χ2n) is 5.14. The van der Waals surface area contributed by atoms with Gasteiger partial charge in [-0.2, -0.15) is 0 Å². The van der Waals surface area contributed by atoms with Gasteiger partial charge in [-0.25, -0.2) is 4.98 Å². The number of rotatable bonds is 8. The molecular formula is C14H24N4O2. The number of aromatic nitrogens is 2. The molecule has 1 aliphatic rings. The third-order valence-corrected chi connectivity index (χ3v) is 3.45. The van der Waals surface area contributed by atoms with Gasteiger partial charge in [0.15, 0.2) is 0 Å². The quantitative estimate of drug-likeness (QED) is 0.682. The Labute approximate surface area is 119 Å². The molecule has 20 heavy (non-hydrogen) atoms. The van der Waals surface area contributed by atoms with E-state index in [4.69, 9.17) is 4.74 Å². The van der Waals surface area contributed by atoms with Crippen LogP contribution < -0.4 is 10.6 Å². The molecule has 0 bridgehead atoms. The summed E-state index contributed by atoms with van der Waals surface area (Å²) in [7, 11) is 0. The minimum Gasteiger partial charge on any atom is -0.381 e. The van der Waals surface area contributed by atoms with Crippen LogP contribution in [0.4, 0.5) is 0 Å². The molecule has 6 nitrogen and oxygen atoms in total. The summed E-state index contributed by atoms with van der Waals surface area (Å²) in [4.78, 5) is 15.7. The van der Waals surface area contributed by atoms with E-state index in [1.165, 1.54) is 0 Å². The van der Waals surface area contributed by atoms with E-state index >= 15 is 0 Å². The molecule has 1 amide bonds. The van der Waals surface area contributed by atoms with Gasteiger partial charge in [-0.05, 0) is 32.2 Å². The van der Waals surface area contributed by atoms with Crippen LogP contribution in [-0.4, -0.2) is 47.8 Å². The van der Waals surface area contributed by atoms with E-state index in [0.29, 0.717) is 12.6 Å². The molecule has 0 spiro atoms. The average Bonchev–Trinajstić information content (AvgIpc) is 2.97. The number of ether oxygens (including phenoxy) is 1. The molecule has 0 radical (unpaired) electrons. The van der Waals surface area contributed by atoms with Crippen LogP contribution in [0.3, 0.4) is 0 Å². The van der Waals surface area contributed by atoms with E-state index in [0.717, 1.165) is 52.0 Å². The van der Waals surface area contributed by atoms with Crippen molar-refractivity contribution < 1.29 is 9.53 Å². The number of amides is 1. The Morgan fingerprint density at radius 1 is 1.35 bits per heavy atom. The third kappa shape index (κ3) is 5.71. The maximum Gasteiger partial charge on any atom is 0.234 e. The fourth-order valence-electron chi connectivity index (χ4n) is 2.29. The first-order chi connectivity index (χ1) is 9.84. The summed E-state index contributed by atoms with van der Waals surface area (Å²) in [6.45, 7) is 3.77. The van der Waals surface area contributed by atoms with Gasteiger partial charge in [0, 0.05) is 38.2 Å². The number of aryl methyl sites for hydroxylation is 1. The highest BCUT2D eigenvalue weighted by molar-refractivity contribution is 5.78. The number of hydrogen-bond acceptors (Lipinski definition) is 4. The number of imidazole rings is 1. The SMILES string of the molecule is O=C(CNCCCCn1ccnc1)NC1CCOCC1. The normalized spacial score (nSPS) is 16.2. The van der Waals surface area contributed by atoms with E-state index in [1.807, 2.05) is 12.5 Å². The summed E-state index contributed by atoms with van der Waals surface area (Å²) in [6.07, 6.45) is 9.59. The molecule has 1 aromatic rings. The standard InChI is InChI=1S/C14H24N4O2/c19-14(17-13-3-9-20-10-4-13)11-15-5-1-2-7-18-8-6-16-12-18/h6,8,12-13,15H,1-5,7,9-11H2,(H,17,19). The van der Waals surface area contributed by atoms with Crippen LogP contribution in [0.2, 0.25) is 0 Å². The molecule has 112 valence electrons. The molecular weight excluding hydrogens is 256 g/mol. The Kier molecular flexibility index (Phi) is 6.53. The summed E-state index contributed by atoms with van der Waals surface area (Å²) in [5, 5.41) is 6.22. The lowest BCUT2D eigenvalue weighted by Gasteiger charge is -2.23. The Balaban J connectivity index is 1.45. The summed E-state index contributed by atoms with van der Waals surface area (Å²) < 4.78 is 7.33. The first-order valence-electron chi connectivity index (χ1n) is 7.38. The molecule has 1 aromatic heterocycles. The first kappa shape index (κ1) is 15.0. The number of carbonyl (C=O) groups is 1. The van der Waals surface area contributed by atoms with Crippen LogP contribution in [0.1, 0.15) is 25.7 Å². The van der Waals surface area contributed by atoms with Gasteiger partial charge in [0.05, 0.1) is 12.9 Å². The van der Waals surface area contributed by atoms with Crippen molar-refractivity contribution in [1.82, 2.24) is 20.2 Å². The zero-order chi connectivity index (χ0) is 14.0. The predicted molar refractivity (Wildman–Crippen MR) is 76.3 cm³/mol. The molecule has 0 atom stereocenters. The molecule has 2 N–H and O–H groups in total. The minimum atomic E-state index is 0.0894. The summed E-state index contributed by atoms with van der Waals surface area (Å²) >= 11 is 0. The highest BCUT2D eigenvalue weighted by Gasteiger charge is 2.15. The Hall–Kier alpha value is -1.40. The minimum absolute atomic E-state index is 0.0894. The van der Waals surface area contributed by atoms with Gasteiger partial charge in [0.2, 0.25) is 5.91 Å². The molecule has 1 aliphatic heterocycles. The van der Waals surface area contributed by atoms with Crippen molar-refractivity contribution in [2.24, 2.45) is 0 Å². The second kappa shape index (κ2) is 8.71. The van der Waals surface area contributed by atoms with Crippen LogP contribution >= 0.6 is 0 Å². The fraction of sp³-hybridized carbons (Fsp3) is 0.714. The van der Waals surface area contributed by atoms with Crippen molar-refractivity contribution in [2.45, 2.75) is 38.3 Å². The summed E-state index contributed by atoms with van der Waals surface area (Å²) in [5.74, 6) is 0.0894. The molecule has 1 fully saturated rings. The van der Waals surface area contributed by atoms with E-state index in [2.05, 4.69) is 20.2 Å². The van der Waals surface area contributed by atoms with E-state index < -0.39 is 0 Å². The average molecular weight is 280 g/mol. The molecule has 2 rings (SSSR count). The zero-order valence-electron chi connectivity index (χ0n) is 11.9. The number of carbonyl (C=O) groups excluding carboxylic acids is 1. The van der Waals surface area contributed by atoms with E-state index in [-0.39, 0.29) is 5.91 Å². The van der Waals surface area contributed by atoms with Crippen LogP contribution in [0.5, 0.6) is 0 Å². The maximum atomic E-state index is 11.7. The number of unbranched alkanes of at least 4 members (excludes halogenated alkanes) is 1. The monoisotopic (exact) mass is 280 g/mol. The predicted octanol–water partition coefficient (Wildman–Crippen LogP) is 0.548. The molecule has 0 aromatic carbocycles. The summed E-state index contributed by atoms with van der Waals surface area (Å²) in [5.41, 5.74) is 0. The number of hydrogen-bond donors (Lipinski definition) is 2. The molecule has 0 saturated carbocycles. The smallest absolute Gasteiger partial charge is 0.234 e. The van der Waals surface area contributed by atoms with E-state index in [1.54, 1.807) is 6.20 Å². The van der Waals surface area contributed by atoms with Crippen molar-refractivity contribution in [2.75, 3.05) is 26.3 Å². The van der Waals surface area contributed by atoms with Crippen molar-refractivity contribution in [3.05, 3.63) is 18.7 Å². The van der Waals surface area contributed by atoms with Gasteiger partial charge < -0.3 is 19.9 Å². The lowest BCUT2D eigenvalue weighted by molar-refractivity contribution is -0.121. The van der Waals surface area contributed by atoms with Gasteiger partial charge in [-0.1, -0.05) is 0 Å². The van der Waals surface area contributed by atoms with Crippen LogP contribution in [0.25, 0.3) is 0 Å². The van der Waals surface area contributed by atoms with Crippen LogP contribution in [0.15, 0.2) is 18.7 Å². The van der Waals surface area contributed by atoms with Crippen molar-refractivity contribution in [3.8, 4) is 0 Å². The third-order valence-electron chi connectivity index (χ3n) is 3.45. The largest absolute Gasteiger partial charge is 0.381 e. The molecule has 2 heterocycles. The highest BCUT2D eigenvalue weighted by Crippen LogP contribution is 2.05. The molecule has 0 unspecified atom stereocenters. The van der Waals surface area contributed by atoms with Crippen molar-refractivity contribution in [1.29, 1.82) is 0 Å². The fourth-order valence-corrected chi connectivity index (χ4v) is 2.29. The summed E-state index contributed by atoms with van der Waals surface area (Å²) in [6, 6.07) is 0.291. The van der Waals surface area contributed by atoms with Gasteiger partial charge in [0.1, 0.15) is 0 Å². The molecule has 6 heteroatoms. The van der Waals surface area contributed by atoms with Crippen LogP contribution in [0, 0.1) is 0 Å². The number of nitrogens with zero attached hydrogens (tertiary/aromatic N) is 2. The second-order valence-corrected chi connectivity index (χ2v) is 5.14. The van der Waals surface area contributed by atoms with Gasteiger partial charge in [-0.15, -0.1) is 0 Å².